The first-order valence-corrected chi connectivity index (χ1v) is 9.27. The van der Waals surface area contributed by atoms with Crippen LogP contribution in [0.15, 0.2) is 40.3 Å². The molecule has 1 saturated heterocycles. The zero-order valence-corrected chi connectivity index (χ0v) is 14.6. The summed E-state index contributed by atoms with van der Waals surface area (Å²) in [4.78, 5) is 5.98. The molecule has 4 nitrogen and oxygen atoms in total. The van der Waals surface area contributed by atoms with Gasteiger partial charge < -0.3 is 14.4 Å². The summed E-state index contributed by atoms with van der Waals surface area (Å²) in [6.45, 7) is 7.31. The van der Waals surface area contributed by atoms with Crippen molar-refractivity contribution in [2.24, 2.45) is 0 Å². The lowest BCUT2D eigenvalue weighted by atomic mass is 9.92. The summed E-state index contributed by atoms with van der Waals surface area (Å²) >= 11 is 1.77. The monoisotopic (exact) mass is 334 g/mol. The van der Waals surface area contributed by atoms with Crippen LogP contribution in [-0.4, -0.2) is 46.7 Å². The molecule has 23 heavy (non-hydrogen) atoms. The van der Waals surface area contributed by atoms with Gasteiger partial charge in [-0.25, -0.2) is 0 Å². The fraction of sp³-hybridized carbons (Fsp3) is 0.556. The van der Waals surface area contributed by atoms with E-state index in [4.69, 9.17) is 4.42 Å². The van der Waals surface area contributed by atoms with Crippen molar-refractivity contribution in [2.75, 3.05) is 26.2 Å². The standard InChI is InChI=1S/C18H26N2O2S/c1-2-19-9-5-8-18(21,14-19)15-20(12-16-6-3-10-22-16)13-17-7-4-11-23-17/h3-4,6-7,10-11,21H,2,5,8-9,12-15H2,1H3. The molecule has 126 valence electrons. The Morgan fingerprint density at radius 1 is 1.35 bits per heavy atom. The van der Waals surface area contributed by atoms with Gasteiger partial charge in [-0.3, -0.25) is 4.90 Å². The van der Waals surface area contributed by atoms with E-state index in [1.165, 1.54) is 4.88 Å². The predicted molar refractivity (Wildman–Crippen MR) is 93.4 cm³/mol. The maximum Gasteiger partial charge on any atom is 0.117 e. The zero-order valence-electron chi connectivity index (χ0n) is 13.8. The third kappa shape index (κ3) is 4.67. The van der Waals surface area contributed by atoms with E-state index in [0.29, 0.717) is 6.54 Å². The summed E-state index contributed by atoms with van der Waals surface area (Å²) in [7, 11) is 0. The minimum atomic E-state index is -0.627. The van der Waals surface area contributed by atoms with Crippen LogP contribution in [0.1, 0.15) is 30.4 Å². The van der Waals surface area contributed by atoms with Gasteiger partial charge in [0.05, 0.1) is 18.4 Å². The Bertz CT molecular complexity index is 534. The van der Waals surface area contributed by atoms with Gasteiger partial charge in [-0.2, -0.15) is 0 Å². The smallest absolute Gasteiger partial charge is 0.117 e. The summed E-state index contributed by atoms with van der Waals surface area (Å²) in [5.74, 6) is 0.952. The molecule has 3 rings (SSSR count). The van der Waals surface area contributed by atoms with E-state index in [0.717, 1.165) is 51.3 Å². The van der Waals surface area contributed by atoms with E-state index < -0.39 is 5.60 Å². The third-order valence-electron chi connectivity index (χ3n) is 4.52. The van der Waals surface area contributed by atoms with Crippen molar-refractivity contribution in [1.82, 2.24) is 9.80 Å². The molecule has 3 heterocycles. The van der Waals surface area contributed by atoms with Gasteiger partial charge in [0.25, 0.3) is 0 Å². The molecule has 0 radical (unpaired) electrons. The number of likely N-dealkylation sites (N-methyl/N-ethyl adjacent to an activating group) is 1. The first-order valence-electron chi connectivity index (χ1n) is 8.39. The third-order valence-corrected chi connectivity index (χ3v) is 5.38. The Morgan fingerprint density at radius 3 is 2.96 bits per heavy atom. The van der Waals surface area contributed by atoms with Gasteiger partial charge in [-0.15, -0.1) is 11.3 Å². The number of piperidine rings is 1. The number of aliphatic hydroxyl groups is 1. The van der Waals surface area contributed by atoms with E-state index in [1.54, 1.807) is 17.6 Å². The van der Waals surface area contributed by atoms with E-state index in [2.05, 4.69) is 34.2 Å². The van der Waals surface area contributed by atoms with Gasteiger partial charge in [0.2, 0.25) is 0 Å². The quantitative estimate of drug-likeness (QED) is 0.844. The second-order valence-electron chi connectivity index (χ2n) is 6.50. The molecule has 0 aromatic carbocycles. The fourth-order valence-electron chi connectivity index (χ4n) is 3.43. The lowest BCUT2D eigenvalue weighted by Crippen LogP contribution is -2.53. The summed E-state index contributed by atoms with van der Waals surface area (Å²) in [6, 6.07) is 8.17. The van der Waals surface area contributed by atoms with Gasteiger partial charge in [0, 0.05) is 24.5 Å². The number of nitrogens with zero attached hydrogens (tertiary/aromatic N) is 2. The summed E-state index contributed by atoms with van der Waals surface area (Å²) in [6.07, 6.45) is 3.66. The Labute approximate surface area is 142 Å². The van der Waals surface area contributed by atoms with Crippen molar-refractivity contribution in [3.8, 4) is 0 Å². The van der Waals surface area contributed by atoms with Gasteiger partial charge in [0.1, 0.15) is 5.76 Å². The number of β-amino-alcohol motifs (C(OH)–C–C–N with tert-alkyl or cyclic N) is 1. The second kappa shape index (κ2) is 7.62. The highest BCUT2D eigenvalue weighted by atomic mass is 32.1. The average molecular weight is 334 g/mol. The van der Waals surface area contributed by atoms with Crippen molar-refractivity contribution in [3.05, 3.63) is 46.5 Å². The number of furan rings is 1. The van der Waals surface area contributed by atoms with Crippen LogP contribution < -0.4 is 0 Å². The topological polar surface area (TPSA) is 39.9 Å². The van der Waals surface area contributed by atoms with Crippen molar-refractivity contribution >= 4 is 11.3 Å². The van der Waals surface area contributed by atoms with Gasteiger partial charge in [-0.1, -0.05) is 13.0 Å². The molecule has 0 saturated carbocycles. The van der Waals surface area contributed by atoms with Gasteiger partial charge >= 0.3 is 0 Å². The van der Waals surface area contributed by atoms with Crippen LogP contribution in [0.2, 0.25) is 0 Å². The maximum absolute atomic E-state index is 11.1. The molecule has 1 fully saturated rings. The largest absolute Gasteiger partial charge is 0.468 e. The molecular formula is C18H26N2O2S. The van der Waals surface area contributed by atoms with Crippen LogP contribution in [-0.2, 0) is 13.1 Å². The molecule has 2 aromatic heterocycles. The minimum absolute atomic E-state index is 0.627. The molecule has 5 heteroatoms. The van der Waals surface area contributed by atoms with Crippen molar-refractivity contribution in [3.63, 3.8) is 0 Å². The van der Waals surface area contributed by atoms with Crippen molar-refractivity contribution in [1.29, 1.82) is 0 Å². The van der Waals surface area contributed by atoms with E-state index >= 15 is 0 Å². The number of likely N-dealkylation sites (tertiary alicyclic amines) is 1. The van der Waals surface area contributed by atoms with E-state index in [9.17, 15) is 5.11 Å². The van der Waals surface area contributed by atoms with Crippen molar-refractivity contribution < 1.29 is 9.52 Å². The average Bonchev–Trinajstić information content (AvgIpc) is 3.20. The van der Waals surface area contributed by atoms with Gasteiger partial charge in [0.15, 0.2) is 0 Å². The number of hydrogen-bond acceptors (Lipinski definition) is 5. The molecule has 0 amide bonds. The molecule has 1 aliphatic rings. The highest BCUT2D eigenvalue weighted by molar-refractivity contribution is 7.09. The molecule has 1 aliphatic heterocycles. The Balaban J connectivity index is 1.69. The number of rotatable bonds is 7. The van der Waals surface area contributed by atoms with Crippen LogP contribution in [0.4, 0.5) is 0 Å². The lowest BCUT2D eigenvalue weighted by Gasteiger charge is -2.41. The normalized spacial score (nSPS) is 22.7. The predicted octanol–water partition coefficient (Wildman–Crippen LogP) is 3.19. The molecular weight excluding hydrogens is 308 g/mol. The molecule has 0 aliphatic carbocycles. The van der Waals surface area contributed by atoms with Crippen molar-refractivity contribution in [2.45, 2.75) is 38.5 Å². The fourth-order valence-corrected chi connectivity index (χ4v) is 4.18. The summed E-state index contributed by atoms with van der Waals surface area (Å²) in [5.41, 5.74) is -0.627. The Kier molecular flexibility index (Phi) is 5.54. The molecule has 1 atom stereocenters. The number of thiophene rings is 1. The summed E-state index contributed by atoms with van der Waals surface area (Å²) in [5, 5.41) is 13.2. The lowest BCUT2D eigenvalue weighted by molar-refractivity contribution is -0.0558. The van der Waals surface area contributed by atoms with Crippen LogP contribution in [0.3, 0.4) is 0 Å². The first kappa shape index (κ1) is 16.7. The van der Waals surface area contributed by atoms with E-state index in [1.807, 2.05) is 12.1 Å². The molecule has 0 spiro atoms. The zero-order chi connectivity index (χ0) is 16.1. The van der Waals surface area contributed by atoms with Crippen LogP contribution >= 0.6 is 11.3 Å². The highest BCUT2D eigenvalue weighted by Crippen LogP contribution is 2.24. The number of hydrogen-bond donors (Lipinski definition) is 1. The SMILES string of the molecule is CCN1CCCC(O)(CN(Cc2ccco2)Cc2cccs2)C1. The molecule has 0 bridgehead atoms. The maximum atomic E-state index is 11.1. The molecule has 1 N–H and O–H groups in total. The summed E-state index contributed by atoms with van der Waals surface area (Å²) < 4.78 is 5.52. The first-order chi connectivity index (χ1) is 11.2. The van der Waals surface area contributed by atoms with Crippen LogP contribution in [0, 0.1) is 0 Å². The highest BCUT2D eigenvalue weighted by Gasteiger charge is 2.34. The molecule has 2 aromatic rings. The van der Waals surface area contributed by atoms with Crippen LogP contribution in [0.25, 0.3) is 0 Å². The second-order valence-corrected chi connectivity index (χ2v) is 7.53. The Morgan fingerprint density at radius 2 is 2.26 bits per heavy atom. The minimum Gasteiger partial charge on any atom is -0.468 e. The molecule has 1 unspecified atom stereocenters. The van der Waals surface area contributed by atoms with Gasteiger partial charge in [-0.05, 0) is 49.5 Å². The van der Waals surface area contributed by atoms with E-state index in [-0.39, 0.29) is 0 Å². The Hall–Kier alpha value is -1.14. The van der Waals surface area contributed by atoms with Crippen LogP contribution in [0.5, 0.6) is 0 Å².